The minimum absolute atomic E-state index is 0.0921. The molecule has 0 radical (unpaired) electrons. The summed E-state index contributed by atoms with van der Waals surface area (Å²) in [5.74, 6) is -0.503. The van der Waals surface area contributed by atoms with Gasteiger partial charge in [0.05, 0.1) is 22.2 Å². The minimum Gasteiger partial charge on any atom is -0.363 e. The molecule has 3 aromatic carbocycles. The van der Waals surface area contributed by atoms with Crippen LogP contribution in [-0.2, 0) is 14.8 Å². The van der Waals surface area contributed by atoms with E-state index in [9.17, 15) is 18.0 Å². The van der Waals surface area contributed by atoms with Crippen molar-refractivity contribution in [3.8, 4) is 5.75 Å². The summed E-state index contributed by atoms with van der Waals surface area (Å²) in [6, 6.07) is 18.7. The molecule has 9 nitrogen and oxygen atoms in total. The molecule has 3 aromatic rings. The molecule has 0 atom stereocenters. The Hall–Kier alpha value is -3.31. The van der Waals surface area contributed by atoms with Crippen LogP contribution in [-0.4, -0.2) is 68.8 Å². The number of nitrogens with zero attached hydrogens (tertiary/aromatic N) is 3. The first-order valence-electron chi connectivity index (χ1n) is 13.9. The van der Waals surface area contributed by atoms with E-state index in [1.165, 1.54) is 55.3 Å². The average Bonchev–Trinajstić information content (AvgIpc) is 3.55. The van der Waals surface area contributed by atoms with E-state index in [4.69, 9.17) is 28.0 Å². The fraction of sp³-hybridized carbons (Fsp3) is 0.333. The molecule has 2 fully saturated rings. The van der Waals surface area contributed by atoms with E-state index in [1.807, 2.05) is 0 Å². The van der Waals surface area contributed by atoms with Crippen LogP contribution < -0.4 is 14.6 Å². The van der Waals surface area contributed by atoms with Gasteiger partial charge in [-0.2, -0.15) is 8.42 Å². The maximum Gasteiger partial charge on any atom is 0.295 e. The van der Waals surface area contributed by atoms with Gasteiger partial charge in [-0.05, 0) is 93.4 Å². The zero-order valence-electron chi connectivity index (χ0n) is 22.9. The second kappa shape index (κ2) is 13.3. The van der Waals surface area contributed by atoms with Crippen molar-refractivity contribution in [2.24, 2.45) is 0 Å². The van der Waals surface area contributed by atoms with Crippen molar-refractivity contribution in [3.63, 3.8) is 0 Å². The molecule has 2 heterocycles. The van der Waals surface area contributed by atoms with Gasteiger partial charge in [-0.1, -0.05) is 45.9 Å². The van der Waals surface area contributed by atoms with Gasteiger partial charge in [0.1, 0.15) is 0 Å². The Bertz CT molecular complexity index is 1510. The Morgan fingerprint density at radius 3 is 2.21 bits per heavy atom. The third-order valence-corrected chi connectivity index (χ3v) is 9.67. The Kier molecular flexibility index (Phi) is 9.57. The second-order valence-electron chi connectivity index (χ2n) is 10.3. The molecule has 0 unspecified atom stereocenters. The molecule has 2 saturated heterocycles. The molecule has 0 saturated carbocycles. The summed E-state index contributed by atoms with van der Waals surface area (Å²) >= 11 is 12.2. The smallest absolute Gasteiger partial charge is 0.295 e. The van der Waals surface area contributed by atoms with Gasteiger partial charge >= 0.3 is 0 Å². The van der Waals surface area contributed by atoms with Gasteiger partial charge in [-0.3, -0.25) is 9.59 Å². The summed E-state index contributed by atoms with van der Waals surface area (Å²) < 4.78 is 28.1. The first kappa shape index (κ1) is 30.2. The number of nitrogens with one attached hydrogen (secondary N) is 1. The molecule has 0 spiro atoms. The van der Waals surface area contributed by atoms with Crippen LogP contribution >= 0.6 is 23.2 Å². The maximum atomic E-state index is 13.7. The van der Waals surface area contributed by atoms with Crippen LogP contribution in [0.15, 0.2) is 77.7 Å². The number of amides is 2. The maximum absolute atomic E-state index is 13.7. The number of hydrogen-bond donors (Lipinski definition) is 1. The normalized spacial score (nSPS) is 16.3. The van der Waals surface area contributed by atoms with Crippen LogP contribution in [0.3, 0.4) is 0 Å². The Balaban J connectivity index is 1.22. The highest BCUT2D eigenvalue weighted by atomic mass is 35.5. The summed E-state index contributed by atoms with van der Waals surface area (Å²) in [7, 11) is -4.25. The van der Waals surface area contributed by atoms with E-state index in [1.54, 1.807) is 35.2 Å². The molecule has 2 amide bonds. The third-order valence-electron chi connectivity index (χ3n) is 7.55. The van der Waals surface area contributed by atoms with Crippen LogP contribution in [0.1, 0.15) is 36.0 Å². The van der Waals surface area contributed by atoms with Crippen molar-refractivity contribution in [2.45, 2.75) is 36.6 Å². The molecule has 2 aliphatic rings. The largest absolute Gasteiger partial charge is 0.363 e. The number of sulfonamides is 1. The van der Waals surface area contributed by atoms with E-state index in [0.29, 0.717) is 24.2 Å². The summed E-state index contributed by atoms with van der Waals surface area (Å²) in [4.78, 5) is 35.5. The first-order chi connectivity index (χ1) is 20.2. The van der Waals surface area contributed by atoms with Gasteiger partial charge in [0, 0.05) is 29.7 Å². The third kappa shape index (κ3) is 7.00. The fourth-order valence-corrected chi connectivity index (χ4v) is 6.95. The van der Waals surface area contributed by atoms with Crippen molar-refractivity contribution in [1.29, 1.82) is 0 Å². The molecule has 5 rings (SSSR count). The van der Waals surface area contributed by atoms with Gasteiger partial charge in [-0.25, -0.2) is 0 Å². The van der Waals surface area contributed by atoms with E-state index in [2.05, 4.69) is 10.2 Å². The number of halogens is 2. The first-order valence-corrected chi connectivity index (χ1v) is 16.1. The number of likely N-dealkylation sites (tertiary alicyclic amines) is 2. The summed E-state index contributed by atoms with van der Waals surface area (Å²) in [5, 5.41) is 3.17. The molecule has 222 valence electrons. The molecule has 0 aromatic heterocycles. The van der Waals surface area contributed by atoms with Crippen molar-refractivity contribution in [2.75, 3.05) is 37.2 Å². The lowest BCUT2D eigenvalue weighted by Crippen LogP contribution is -2.48. The molecule has 0 aliphatic carbocycles. The molecule has 1 N–H and O–H groups in total. The average molecular weight is 632 g/mol. The number of para-hydroxylation sites is 1. The van der Waals surface area contributed by atoms with Crippen molar-refractivity contribution in [3.05, 3.63) is 88.4 Å². The lowest BCUT2D eigenvalue weighted by atomic mass is 10.0. The van der Waals surface area contributed by atoms with Crippen LogP contribution in [0.2, 0.25) is 10.0 Å². The minimum atomic E-state index is -4.25. The van der Waals surface area contributed by atoms with Gasteiger partial charge in [0.15, 0.2) is 5.75 Å². The van der Waals surface area contributed by atoms with E-state index >= 15 is 0 Å². The number of piperidine rings is 1. The van der Waals surface area contributed by atoms with Crippen molar-refractivity contribution < 1.29 is 22.8 Å². The quantitative estimate of drug-likeness (QED) is 0.334. The zero-order chi connectivity index (χ0) is 29.7. The zero-order valence-corrected chi connectivity index (χ0v) is 25.2. The molecule has 42 heavy (non-hydrogen) atoms. The van der Waals surface area contributed by atoms with Crippen molar-refractivity contribution >= 4 is 50.7 Å². The SMILES string of the molecule is O=C(NCC(=O)N1CCC(N2CCCC2)CC1)c1ccc(S(=O)(=O)N(Oc2ccc(Cl)cc2Cl)c2ccccc2)cc1. The van der Waals surface area contributed by atoms with Crippen LogP contribution in [0.5, 0.6) is 5.75 Å². The Labute approximate surface area is 256 Å². The standard InChI is InChI=1S/C30H32Cl2N4O5S/c31-23-10-13-28(27(32)20-23)41-36(25-6-2-1-3-7-25)42(39,40)26-11-8-22(9-12-26)30(38)33-21-29(37)35-18-14-24(15-19-35)34-16-4-5-17-34/h1-3,6-13,20,24H,4-5,14-19,21H2,(H,33,38). The number of anilines is 1. The lowest BCUT2D eigenvalue weighted by Gasteiger charge is -2.36. The highest BCUT2D eigenvalue weighted by molar-refractivity contribution is 7.92. The van der Waals surface area contributed by atoms with Crippen LogP contribution in [0.25, 0.3) is 0 Å². The number of carbonyl (C=O) groups excluding carboxylic acids is 2. The number of carbonyl (C=O) groups is 2. The van der Waals surface area contributed by atoms with Gasteiger partial charge in [-0.15, -0.1) is 0 Å². The number of benzene rings is 3. The molecule has 2 aliphatic heterocycles. The van der Waals surface area contributed by atoms with E-state index < -0.39 is 15.9 Å². The summed E-state index contributed by atoms with van der Waals surface area (Å²) in [6.07, 6.45) is 4.39. The number of rotatable bonds is 9. The second-order valence-corrected chi connectivity index (χ2v) is 12.9. The summed E-state index contributed by atoms with van der Waals surface area (Å²) in [5.41, 5.74) is 0.468. The van der Waals surface area contributed by atoms with Gasteiger partial charge in [0.25, 0.3) is 15.9 Å². The summed E-state index contributed by atoms with van der Waals surface area (Å²) in [6.45, 7) is 3.53. The highest BCUT2D eigenvalue weighted by Gasteiger charge is 2.30. The lowest BCUT2D eigenvalue weighted by molar-refractivity contribution is -0.131. The Morgan fingerprint density at radius 2 is 1.57 bits per heavy atom. The van der Waals surface area contributed by atoms with E-state index in [-0.39, 0.29) is 39.4 Å². The van der Waals surface area contributed by atoms with Crippen molar-refractivity contribution in [1.82, 2.24) is 15.1 Å². The highest BCUT2D eigenvalue weighted by Crippen LogP contribution is 2.32. The van der Waals surface area contributed by atoms with Crippen LogP contribution in [0.4, 0.5) is 5.69 Å². The predicted molar refractivity (Wildman–Crippen MR) is 162 cm³/mol. The molecule has 12 heteroatoms. The van der Waals surface area contributed by atoms with Crippen LogP contribution in [0, 0.1) is 0 Å². The predicted octanol–water partition coefficient (Wildman–Crippen LogP) is 5.00. The molecule has 0 bridgehead atoms. The molecular weight excluding hydrogens is 599 g/mol. The topological polar surface area (TPSA) is 99.3 Å². The molecular formula is C30H32Cl2N4O5S. The monoisotopic (exact) mass is 630 g/mol. The fourth-order valence-electron chi connectivity index (χ4n) is 5.26. The Morgan fingerprint density at radius 1 is 0.905 bits per heavy atom. The van der Waals surface area contributed by atoms with E-state index in [0.717, 1.165) is 30.4 Å². The van der Waals surface area contributed by atoms with Gasteiger partial charge < -0.3 is 20.0 Å². The number of hydrogen-bond acceptors (Lipinski definition) is 6. The van der Waals surface area contributed by atoms with Gasteiger partial charge in [0.2, 0.25) is 5.91 Å².